The van der Waals surface area contributed by atoms with Crippen LogP contribution in [-0.4, -0.2) is 32.8 Å². The lowest BCUT2D eigenvalue weighted by Crippen LogP contribution is -2.32. The van der Waals surface area contributed by atoms with Crippen LogP contribution in [-0.2, 0) is 21.0 Å². The van der Waals surface area contributed by atoms with Crippen molar-refractivity contribution in [3.05, 3.63) is 59.7 Å². The normalized spacial score (nSPS) is 13.4. The van der Waals surface area contributed by atoms with Gasteiger partial charge in [0.25, 0.3) is 0 Å². The molecule has 0 aliphatic heterocycles. The van der Waals surface area contributed by atoms with Gasteiger partial charge in [0.15, 0.2) is 0 Å². The van der Waals surface area contributed by atoms with Crippen LogP contribution in [0.1, 0.15) is 24.1 Å². The highest BCUT2D eigenvalue weighted by Gasteiger charge is 2.30. The van der Waals surface area contributed by atoms with Crippen molar-refractivity contribution in [2.45, 2.75) is 24.0 Å². The molecular weight excluding hydrogens is 395 g/mol. The van der Waals surface area contributed by atoms with E-state index < -0.39 is 27.7 Å². The molecule has 0 spiro atoms. The lowest BCUT2D eigenvalue weighted by Gasteiger charge is -2.24. The smallest absolute Gasteiger partial charge is 0.325 e. The topological polar surface area (TPSA) is 92.5 Å². The van der Waals surface area contributed by atoms with E-state index in [1.165, 1.54) is 24.3 Å². The number of alkyl halides is 3. The minimum absolute atomic E-state index is 0.00819. The SMILES string of the molecule is CC(c1ccc(S(N)(=O)=O)cc1)N(C)CC(=O)Nc1ccc(C(F)(F)F)cc1. The zero-order chi connectivity index (χ0) is 21.1. The summed E-state index contributed by atoms with van der Waals surface area (Å²) in [6, 6.07) is 9.95. The van der Waals surface area contributed by atoms with Gasteiger partial charge in [-0.1, -0.05) is 12.1 Å². The maximum atomic E-state index is 12.6. The van der Waals surface area contributed by atoms with Crippen molar-refractivity contribution < 1.29 is 26.4 Å². The molecule has 0 bridgehead atoms. The Morgan fingerprint density at radius 3 is 2.11 bits per heavy atom. The Balaban J connectivity index is 1.97. The first-order chi connectivity index (χ1) is 12.9. The van der Waals surface area contributed by atoms with Crippen LogP contribution in [0.4, 0.5) is 18.9 Å². The van der Waals surface area contributed by atoms with Crippen LogP contribution in [0.5, 0.6) is 0 Å². The number of likely N-dealkylation sites (N-methyl/N-ethyl adjacent to an activating group) is 1. The van der Waals surface area contributed by atoms with E-state index in [2.05, 4.69) is 5.32 Å². The zero-order valence-electron chi connectivity index (χ0n) is 15.2. The summed E-state index contributed by atoms with van der Waals surface area (Å²) >= 11 is 0. The predicted molar refractivity (Wildman–Crippen MR) is 98.9 cm³/mol. The Labute approximate surface area is 161 Å². The third-order valence-corrected chi connectivity index (χ3v) is 5.17. The third-order valence-electron chi connectivity index (χ3n) is 4.24. The number of anilines is 1. The molecule has 0 fully saturated rings. The van der Waals surface area contributed by atoms with Crippen molar-refractivity contribution in [1.29, 1.82) is 0 Å². The first kappa shape index (κ1) is 21.9. The van der Waals surface area contributed by atoms with Gasteiger partial charge in [-0.2, -0.15) is 13.2 Å². The van der Waals surface area contributed by atoms with Gasteiger partial charge < -0.3 is 5.32 Å². The van der Waals surface area contributed by atoms with Crippen molar-refractivity contribution in [1.82, 2.24) is 4.90 Å². The largest absolute Gasteiger partial charge is 0.416 e. The predicted octanol–water partition coefficient (Wildman–Crippen LogP) is 2.98. The highest BCUT2D eigenvalue weighted by atomic mass is 32.2. The monoisotopic (exact) mass is 415 g/mol. The summed E-state index contributed by atoms with van der Waals surface area (Å²) in [7, 11) is -2.08. The zero-order valence-corrected chi connectivity index (χ0v) is 16.0. The first-order valence-corrected chi connectivity index (χ1v) is 9.72. The maximum Gasteiger partial charge on any atom is 0.416 e. The average molecular weight is 415 g/mol. The molecule has 2 rings (SSSR count). The van der Waals surface area contributed by atoms with Crippen LogP contribution < -0.4 is 10.5 Å². The Kier molecular flexibility index (Phi) is 6.48. The van der Waals surface area contributed by atoms with E-state index in [0.717, 1.165) is 17.7 Å². The standard InChI is InChI=1S/C18H20F3N3O3S/c1-12(13-3-9-16(10-4-13)28(22,26)27)24(2)11-17(25)23-15-7-5-14(6-8-15)18(19,20)21/h3-10,12H,11H2,1-2H3,(H,23,25)(H2,22,26,27). The van der Waals surface area contributed by atoms with E-state index in [9.17, 15) is 26.4 Å². The van der Waals surface area contributed by atoms with Gasteiger partial charge in [-0.15, -0.1) is 0 Å². The van der Waals surface area contributed by atoms with Gasteiger partial charge in [0.2, 0.25) is 15.9 Å². The number of amides is 1. The summed E-state index contributed by atoms with van der Waals surface area (Å²) in [6.45, 7) is 1.82. The molecule has 1 atom stereocenters. The number of hydrogen-bond acceptors (Lipinski definition) is 4. The number of benzene rings is 2. The van der Waals surface area contributed by atoms with Crippen LogP contribution in [0, 0.1) is 0 Å². The fourth-order valence-electron chi connectivity index (χ4n) is 2.50. The highest BCUT2D eigenvalue weighted by molar-refractivity contribution is 7.89. The lowest BCUT2D eigenvalue weighted by molar-refractivity contribution is -0.137. The molecule has 152 valence electrons. The molecule has 1 unspecified atom stereocenters. The summed E-state index contributed by atoms with van der Waals surface area (Å²) in [6.07, 6.45) is -4.43. The van der Waals surface area contributed by atoms with Crippen molar-refractivity contribution in [3.8, 4) is 0 Å². The van der Waals surface area contributed by atoms with Crippen molar-refractivity contribution in [2.75, 3.05) is 18.9 Å². The molecule has 6 nitrogen and oxygen atoms in total. The maximum absolute atomic E-state index is 12.6. The second-order valence-electron chi connectivity index (χ2n) is 6.33. The van der Waals surface area contributed by atoms with Gasteiger partial charge in [-0.05, 0) is 55.9 Å². The van der Waals surface area contributed by atoms with Crippen LogP contribution >= 0.6 is 0 Å². The van der Waals surface area contributed by atoms with Crippen molar-refractivity contribution in [3.63, 3.8) is 0 Å². The Morgan fingerprint density at radius 2 is 1.64 bits per heavy atom. The minimum Gasteiger partial charge on any atom is -0.325 e. The molecule has 28 heavy (non-hydrogen) atoms. The molecule has 0 aliphatic rings. The van der Waals surface area contributed by atoms with Crippen LogP contribution in [0.15, 0.2) is 53.4 Å². The number of nitrogens with zero attached hydrogens (tertiary/aromatic N) is 1. The number of nitrogens with two attached hydrogens (primary N) is 1. The number of primary sulfonamides is 1. The average Bonchev–Trinajstić information content (AvgIpc) is 2.60. The Bertz CT molecular complexity index is 927. The molecule has 0 aliphatic carbocycles. The number of hydrogen-bond donors (Lipinski definition) is 2. The van der Waals surface area contributed by atoms with Crippen molar-refractivity contribution in [2.24, 2.45) is 5.14 Å². The van der Waals surface area contributed by atoms with E-state index >= 15 is 0 Å². The van der Waals surface area contributed by atoms with Crippen LogP contribution in [0.3, 0.4) is 0 Å². The quantitative estimate of drug-likeness (QED) is 0.759. The number of nitrogens with one attached hydrogen (secondary N) is 1. The van der Waals surface area contributed by atoms with E-state index in [4.69, 9.17) is 5.14 Å². The first-order valence-electron chi connectivity index (χ1n) is 8.18. The summed E-state index contributed by atoms with van der Waals surface area (Å²) in [5.74, 6) is -0.393. The summed E-state index contributed by atoms with van der Waals surface area (Å²) < 4.78 is 60.3. The molecule has 3 N–H and O–H groups in total. The molecule has 0 saturated carbocycles. The second kappa shape index (κ2) is 8.29. The molecule has 1 amide bonds. The number of sulfonamides is 1. The summed E-state index contributed by atoms with van der Waals surface area (Å²) in [4.78, 5) is 13.9. The molecular formula is C18H20F3N3O3S. The van der Waals surface area contributed by atoms with Gasteiger partial charge in [-0.3, -0.25) is 9.69 Å². The molecule has 0 heterocycles. The molecule has 0 radical (unpaired) electrons. The van der Waals surface area contributed by atoms with Gasteiger partial charge in [0.05, 0.1) is 17.0 Å². The van der Waals surface area contributed by atoms with Gasteiger partial charge in [-0.25, -0.2) is 13.6 Å². The van der Waals surface area contributed by atoms with Crippen LogP contribution in [0.25, 0.3) is 0 Å². The van der Waals surface area contributed by atoms with Crippen molar-refractivity contribution >= 4 is 21.6 Å². The molecule has 0 aromatic heterocycles. The van der Waals surface area contributed by atoms with E-state index in [1.807, 2.05) is 6.92 Å². The Morgan fingerprint density at radius 1 is 1.11 bits per heavy atom. The number of halogens is 3. The summed E-state index contributed by atoms with van der Waals surface area (Å²) in [5.41, 5.74) is 0.243. The number of rotatable bonds is 6. The Hall–Kier alpha value is -2.43. The van der Waals surface area contributed by atoms with E-state index in [0.29, 0.717) is 0 Å². The number of carbonyl (C=O) groups excluding carboxylic acids is 1. The van der Waals surface area contributed by atoms with Gasteiger partial charge >= 0.3 is 6.18 Å². The summed E-state index contributed by atoms with van der Waals surface area (Å²) in [5, 5.41) is 7.60. The minimum atomic E-state index is -4.43. The molecule has 2 aromatic carbocycles. The lowest BCUT2D eigenvalue weighted by atomic mass is 10.1. The molecule has 2 aromatic rings. The molecule has 0 saturated heterocycles. The van der Waals surface area contributed by atoms with E-state index in [1.54, 1.807) is 24.1 Å². The molecule has 10 heteroatoms. The van der Waals surface area contributed by atoms with E-state index in [-0.39, 0.29) is 23.2 Å². The highest BCUT2D eigenvalue weighted by Crippen LogP contribution is 2.29. The fourth-order valence-corrected chi connectivity index (χ4v) is 3.01. The van der Waals surface area contributed by atoms with Gasteiger partial charge in [0, 0.05) is 11.7 Å². The third kappa shape index (κ3) is 5.78. The fraction of sp³-hybridized carbons (Fsp3) is 0.278. The number of carbonyl (C=O) groups is 1. The van der Waals surface area contributed by atoms with Crippen LogP contribution in [0.2, 0.25) is 0 Å². The second-order valence-corrected chi connectivity index (χ2v) is 7.89. The van der Waals surface area contributed by atoms with Gasteiger partial charge in [0.1, 0.15) is 0 Å².